The second kappa shape index (κ2) is 3.26. The van der Waals surface area contributed by atoms with E-state index >= 15 is 0 Å². The summed E-state index contributed by atoms with van der Waals surface area (Å²) in [6, 6.07) is 4.72. The maximum Gasteiger partial charge on any atom is 0.251 e. The van der Waals surface area contributed by atoms with Crippen molar-refractivity contribution >= 4 is 5.91 Å². The van der Waals surface area contributed by atoms with Crippen molar-refractivity contribution in [2.24, 2.45) is 0 Å². The number of phenolic OH excluding ortho intramolecular Hbond substituents is 1. The van der Waals surface area contributed by atoms with Crippen LogP contribution in [0.4, 0.5) is 0 Å². The quantitative estimate of drug-likeness (QED) is 0.653. The lowest BCUT2D eigenvalue weighted by Gasteiger charge is -2.03. The predicted octanol–water partition coefficient (Wildman–Crippen LogP) is 1.06. The molecule has 3 nitrogen and oxygen atoms in total. The Bertz CT molecular complexity index is 307. The smallest absolute Gasteiger partial charge is 0.251 e. The number of hydrogen-bond donors (Lipinski definition) is 2. The van der Waals surface area contributed by atoms with Crippen LogP contribution in [0.5, 0.6) is 5.75 Å². The van der Waals surface area contributed by atoms with Gasteiger partial charge >= 0.3 is 0 Å². The Morgan fingerprint density at radius 1 is 1.50 bits per heavy atom. The highest BCUT2D eigenvalue weighted by Crippen LogP contribution is 2.15. The number of rotatable bonds is 1. The number of benzene rings is 1. The van der Waals surface area contributed by atoms with Gasteiger partial charge in [0.05, 0.1) is 0 Å². The maximum atomic E-state index is 11.2. The van der Waals surface area contributed by atoms with Crippen LogP contribution in [0.15, 0.2) is 18.2 Å². The lowest BCUT2D eigenvalue weighted by molar-refractivity contribution is 0.0962. The van der Waals surface area contributed by atoms with Crippen molar-refractivity contribution in [1.29, 1.82) is 0 Å². The molecule has 0 saturated heterocycles. The average Bonchev–Trinajstić information content (AvgIpc) is 2.08. The fourth-order valence-corrected chi connectivity index (χ4v) is 0.989. The van der Waals surface area contributed by atoms with E-state index in [1.54, 1.807) is 19.2 Å². The molecule has 0 atom stereocenters. The number of phenols is 1. The van der Waals surface area contributed by atoms with Crippen molar-refractivity contribution in [3.05, 3.63) is 29.3 Å². The van der Waals surface area contributed by atoms with Crippen molar-refractivity contribution < 1.29 is 9.90 Å². The molecule has 2 N–H and O–H groups in total. The number of amides is 1. The minimum absolute atomic E-state index is 0.110. The first kappa shape index (κ1) is 8.59. The van der Waals surface area contributed by atoms with Gasteiger partial charge in [0.25, 0.3) is 5.91 Å². The molecule has 0 aromatic heterocycles. The zero-order valence-corrected chi connectivity index (χ0v) is 7.09. The molecule has 0 heterocycles. The summed E-state index contributed by atoms with van der Waals surface area (Å²) in [6.45, 7) is 1.82. The number of carbonyl (C=O) groups excluding carboxylic acids is 1. The van der Waals surface area contributed by atoms with Gasteiger partial charge in [0.1, 0.15) is 5.75 Å². The van der Waals surface area contributed by atoms with Crippen LogP contribution in [0.3, 0.4) is 0 Å². The van der Waals surface area contributed by atoms with E-state index in [-0.39, 0.29) is 11.7 Å². The van der Waals surface area contributed by atoms with Gasteiger partial charge in [0.2, 0.25) is 0 Å². The normalized spacial score (nSPS) is 9.50. The van der Waals surface area contributed by atoms with Crippen molar-refractivity contribution in [1.82, 2.24) is 5.32 Å². The van der Waals surface area contributed by atoms with Crippen molar-refractivity contribution in [2.75, 3.05) is 7.05 Å². The van der Waals surface area contributed by atoms with Gasteiger partial charge in [-0.15, -0.1) is 0 Å². The van der Waals surface area contributed by atoms with E-state index in [9.17, 15) is 4.79 Å². The number of aryl methyl sites for hydroxylation is 1. The first-order chi connectivity index (χ1) is 5.65. The maximum absolute atomic E-state index is 11.2. The minimum atomic E-state index is -0.177. The molecule has 0 spiro atoms. The zero-order chi connectivity index (χ0) is 9.14. The summed E-state index contributed by atoms with van der Waals surface area (Å²) in [5.41, 5.74) is 1.37. The van der Waals surface area contributed by atoms with Crippen LogP contribution >= 0.6 is 0 Å². The largest absolute Gasteiger partial charge is 0.508 e. The summed E-state index contributed by atoms with van der Waals surface area (Å²) in [5.74, 6) is -0.0670. The van der Waals surface area contributed by atoms with Gasteiger partial charge in [-0.05, 0) is 24.6 Å². The molecule has 0 radical (unpaired) electrons. The molecule has 0 fully saturated rings. The summed E-state index contributed by atoms with van der Waals surface area (Å²) < 4.78 is 0. The van der Waals surface area contributed by atoms with Gasteiger partial charge in [-0.3, -0.25) is 4.79 Å². The SMILES string of the molecule is CNC(=O)c1cc(O)ccc1C. The molecule has 1 amide bonds. The van der Waals surface area contributed by atoms with E-state index in [1.807, 2.05) is 6.92 Å². The third-order valence-corrected chi connectivity index (χ3v) is 1.69. The third-order valence-electron chi connectivity index (χ3n) is 1.69. The molecule has 0 aliphatic heterocycles. The van der Waals surface area contributed by atoms with E-state index in [4.69, 9.17) is 5.11 Å². The fourth-order valence-electron chi connectivity index (χ4n) is 0.989. The zero-order valence-electron chi connectivity index (χ0n) is 7.09. The van der Waals surface area contributed by atoms with Gasteiger partial charge < -0.3 is 10.4 Å². The van der Waals surface area contributed by atoms with Crippen LogP contribution in [-0.4, -0.2) is 18.1 Å². The average molecular weight is 165 g/mol. The summed E-state index contributed by atoms with van der Waals surface area (Å²) in [4.78, 5) is 11.2. The minimum Gasteiger partial charge on any atom is -0.508 e. The Labute approximate surface area is 71.0 Å². The van der Waals surface area contributed by atoms with Crippen LogP contribution in [-0.2, 0) is 0 Å². The molecule has 3 heteroatoms. The summed E-state index contributed by atoms with van der Waals surface area (Å²) in [5, 5.41) is 11.6. The topological polar surface area (TPSA) is 49.3 Å². The predicted molar refractivity (Wildman–Crippen MR) is 46.2 cm³/mol. The second-order valence-corrected chi connectivity index (χ2v) is 2.58. The van der Waals surface area contributed by atoms with Gasteiger partial charge in [-0.2, -0.15) is 0 Å². The number of carbonyl (C=O) groups is 1. The van der Waals surface area contributed by atoms with Crippen molar-refractivity contribution in [3.63, 3.8) is 0 Å². The van der Waals surface area contributed by atoms with E-state index in [1.165, 1.54) is 6.07 Å². The Morgan fingerprint density at radius 2 is 2.17 bits per heavy atom. The Hall–Kier alpha value is -1.51. The highest BCUT2D eigenvalue weighted by Gasteiger charge is 2.06. The standard InChI is InChI=1S/C9H11NO2/c1-6-3-4-7(11)5-8(6)9(12)10-2/h3-5,11H,1-2H3,(H,10,12). The van der Waals surface area contributed by atoms with E-state index in [2.05, 4.69) is 5.32 Å². The summed E-state index contributed by atoms with van der Waals surface area (Å²) in [6.07, 6.45) is 0. The fraction of sp³-hybridized carbons (Fsp3) is 0.222. The van der Waals surface area contributed by atoms with Gasteiger partial charge in [0.15, 0.2) is 0 Å². The number of nitrogens with one attached hydrogen (secondary N) is 1. The lowest BCUT2D eigenvalue weighted by Crippen LogP contribution is -2.18. The summed E-state index contributed by atoms with van der Waals surface area (Å²) in [7, 11) is 1.56. The molecule has 0 aliphatic carbocycles. The molecule has 0 bridgehead atoms. The van der Waals surface area contributed by atoms with Crippen LogP contribution in [0.25, 0.3) is 0 Å². The highest BCUT2D eigenvalue weighted by atomic mass is 16.3. The molecular weight excluding hydrogens is 154 g/mol. The molecule has 1 aromatic rings. The molecule has 1 aromatic carbocycles. The lowest BCUT2D eigenvalue weighted by atomic mass is 10.1. The number of aromatic hydroxyl groups is 1. The van der Waals surface area contributed by atoms with Gasteiger partial charge in [0, 0.05) is 12.6 Å². The van der Waals surface area contributed by atoms with E-state index < -0.39 is 0 Å². The monoisotopic (exact) mass is 165 g/mol. The third kappa shape index (κ3) is 1.56. The van der Waals surface area contributed by atoms with E-state index in [0.29, 0.717) is 5.56 Å². The van der Waals surface area contributed by atoms with Crippen LogP contribution in [0.1, 0.15) is 15.9 Å². The van der Waals surface area contributed by atoms with Gasteiger partial charge in [-0.1, -0.05) is 6.07 Å². The molecule has 0 saturated carbocycles. The first-order valence-corrected chi connectivity index (χ1v) is 3.67. The second-order valence-electron chi connectivity index (χ2n) is 2.58. The molecule has 0 unspecified atom stereocenters. The molecule has 64 valence electrons. The molecular formula is C9H11NO2. The first-order valence-electron chi connectivity index (χ1n) is 3.67. The van der Waals surface area contributed by atoms with Crippen molar-refractivity contribution in [2.45, 2.75) is 6.92 Å². The van der Waals surface area contributed by atoms with Crippen LogP contribution in [0, 0.1) is 6.92 Å². The van der Waals surface area contributed by atoms with Crippen LogP contribution in [0.2, 0.25) is 0 Å². The molecule has 12 heavy (non-hydrogen) atoms. The molecule has 0 aliphatic rings. The Kier molecular flexibility index (Phi) is 2.33. The highest BCUT2D eigenvalue weighted by molar-refractivity contribution is 5.95. The molecule has 1 rings (SSSR count). The number of hydrogen-bond acceptors (Lipinski definition) is 2. The van der Waals surface area contributed by atoms with Gasteiger partial charge in [-0.25, -0.2) is 0 Å². The van der Waals surface area contributed by atoms with E-state index in [0.717, 1.165) is 5.56 Å². The van der Waals surface area contributed by atoms with Crippen molar-refractivity contribution in [3.8, 4) is 5.75 Å². The Morgan fingerprint density at radius 3 is 2.75 bits per heavy atom. The van der Waals surface area contributed by atoms with Crippen LogP contribution < -0.4 is 5.32 Å². The Balaban J connectivity index is 3.13. The summed E-state index contributed by atoms with van der Waals surface area (Å²) >= 11 is 0.